The molecule has 0 unspecified atom stereocenters. The molecule has 0 radical (unpaired) electrons. The van der Waals surface area contributed by atoms with Gasteiger partial charge in [-0.3, -0.25) is 0 Å². The molecule has 0 saturated carbocycles. The van der Waals surface area contributed by atoms with E-state index in [0.717, 1.165) is 0 Å². The number of nitrogens with zero attached hydrogens (tertiary/aromatic N) is 1. The number of rotatable bonds is 5. The first-order valence-corrected chi connectivity index (χ1v) is 5.16. The molecule has 1 aromatic carbocycles. The molecule has 0 aliphatic heterocycles. The Hall–Kier alpha value is -2.22. The van der Waals surface area contributed by atoms with Gasteiger partial charge in [0.1, 0.15) is 11.3 Å². The molecule has 0 aliphatic rings. The van der Waals surface area contributed by atoms with Crippen molar-refractivity contribution in [3.8, 4) is 11.8 Å². The number of hydrogen-bond donors (Lipinski definition) is 1. The minimum atomic E-state index is -0.493. The van der Waals surface area contributed by atoms with Gasteiger partial charge in [-0.2, -0.15) is 5.26 Å². The van der Waals surface area contributed by atoms with Gasteiger partial charge in [0, 0.05) is 12.1 Å². The van der Waals surface area contributed by atoms with Gasteiger partial charge in [0.05, 0.1) is 19.8 Å². The Kier molecular flexibility index (Phi) is 4.82. The summed E-state index contributed by atoms with van der Waals surface area (Å²) < 4.78 is 10.0. The molecule has 17 heavy (non-hydrogen) atoms. The monoisotopic (exact) mass is 234 g/mol. The molecule has 0 bridgehead atoms. The Bertz CT molecular complexity index is 438. The normalized spacial score (nSPS) is 9.41. The van der Waals surface area contributed by atoms with Gasteiger partial charge in [-0.25, -0.2) is 4.79 Å². The summed E-state index contributed by atoms with van der Waals surface area (Å²) in [6, 6.07) is 6.79. The van der Waals surface area contributed by atoms with Gasteiger partial charge in [0.25, 0.3) is 0 Å². The lowest BCUT2D eigenvalue weighted by Gasteiger charge is -2.10. The fourth-order valence-electron chi connectivity index (χ4n) is 1.28. The number of ether oxygens (including phenoxy) is 2. The van der Waals surface area contributed by atoms with Crippen molar-refractivity contribution < 1.29 is 14.3 Å². The number of benzene rings is 1. The van der Waals surface area contributed by atoms with Crippen LogP contribution in [0.5, 0.6) is 5.75 Å². The molecular weight excluding hydrogens is 220 g/mol. The van der Waals surface area contributed by atoms with E-state index in [1.54, 1.807) is 12.1 Å². The Balaban J connectivity index is 2.77. The first-order chi connectivity index (χ1) is 8.19. The Morgan fingerprint density at radius 3 is 2.94 bits per heavy atom. The highest BCUT2D eigenvalue weighted by Crippen LogP contribution is 2.22. The highest BCUT2D eigenvalue weighted by atomic mass is 16.5. The Morgan fingerprint density at radius 2 is 2.29 bits per heavy atom. The van der Waals surface area contributed by atoms with E-state index in [4.69, 9.17) is 15.7 Å². The van der Waals surface area contributed by atoms with Crippen molar-refractivity contribution in [2.75, 3.05) is 19.5 Å². The van der Waals surface area contributed by atoms with Crippen LogP contribution < -0.4 is 10.5 Å². The maximum Gasteiger partial charge on any atom is 0.341 e. The van der Waals surface area contributed by atoms with Crippen molar-refractivity contribution in [3.05, 3.63) is 23.8 Å². The number of unbranched alkanes of at least 4 members (excludes halogenated alkanes) is 1. The second-order valence-electron chi connectivity index (χ2n) is 3.36. The van der Waals surface area contributed by atoms with Crippen LogP contribution in [-0.2, 0) is 4.74 Å². The number of methoxy groups -OCH3 is 1. The molecule has 2 N–H and O–H groups in total. The van der Waals surface area contributed by atoms with Crippen molar-refractivity contribution in [2.24, 2.45) is 0 Å². The minimum absolute atomic E-state index is 0.296. The average Bonchev–Trinajstić information content (AvgIpc) is 2.35. The van der Waals surface area contributed by atoms with Crippen molar-refractivity contribution in [2.45, 2.75) is 12.8 Å². The fourth-order valence-corrected chi connectivity index (χ4v) is 1.28. The van der Waals surface area contributed by atoms with E-state index < -0.39 is 5.97 Å². The molecule has 0 spiro atoms. The second-order valence-corrected chi connectivity index (χ2v) is 3.36. The van der Waals surface area contributed by atoms with E-state index >= 15 is 0 Å². The van der Waals surface area contributed by atoms with Gasteiger partial charge in [-0.1, -0.05) is 0 Å². The molecule has 0 heterocycles. The Morgan fingerprint density at radius 1 is 1.53 bits per heavy atom. The van der Waals surface area contributed by atoms with E-state index in [1.807, 2.05) is 6.07 Å². The number of carbonyl (C=O) groups excluding carboxylic acids is 1. The number of hydrogen-bond acceptors (Lipinski definition) is 5. The first kappa shape index (κ1) is 12.8. The smallest absolute Gasteiger partial charge is 0.341 e. The summed E-state index contributed by atoms with van der Waals surface area (Å²) in [5.41, 5.74) is 6.35. The summed E-state index contributed by atoms with van der Waals surface area (Å²) in [4.78, 5) is 11.5. The zero-order valence-corrected chi connectivity index (χ0v) is 9.60. The van der Waals surface area contributed by atoms with Crippen LogP contribution in [0.3, 0.4) is 0 Å². The molecule has 1 aromatic rings. The predicted molar refractivity (Wildman–Crippen MR) is 62.5 cm³/mol. The van der Waals surface area contributed by atoms with Gasteiger partial charge in [0.15, 0.2) is 0 Å². The number of esters is 1. The molecule has 0 atom stereocenters. The third kappa shape index (κ3) is 3.68. The number of carbonyl (C=O) groups is 1. The molecule has 90 valence electrons. The Labute approximate surface area is 99.7 Å². The van der Waals surface area contributed by atoms with Gasteiger partial charge in [-0.05, 0) is 24.6 Å². The van der Waals surface area contributed by atoms with E-state index in [2.05, 4.69) is 4.74 Å². The molecule has 5 nitrogen and oxygen atoms in total. The summed E-state index contributed by atoms with van der Waals surface area (Å²) in [5, 5.41) is 8.38. The number of nitriles is 1. The maximum absolute atomic E-state index is 11.5. The topological polar surface area (TPSA) is 85.3 Å². The van der Waals surface area contributed by atoms with E-state index in [0.29, 0.717) is 36.4 Å². The lowest BCUT2D eigenvalue weighted by Crippen LogP contribution is -2.07. The molecular formula is C12H14N2O3. The third-order valence-corrected chi connectivity index (χ3v) is 2.10. The zero-order valence-electron chi connectivity index (χ0n) is 9.60. The van der Waals surface area contributed by atoms with Gasteiger partial charge in [0.2, 0.25) is 0 Å². The van der Waals surface area contributed by atoms with E-state index in [1.165, 1.54) is 13.2 Å². The molecule has 0 aliphatic carbocycles. The molecule has 0 fully saturated rings. The number of nitrogen functional groups attached to an aromatic ring is 1. The van der Waals surface area contributed by atoms with E-state index in [9.17, 15) is 4.79 Å². The van der Waals surface area contributed by atoms with Crippen LogP contribution in [0.1, 0.15) is 23.2 Å². The summed E-state index contributed by atoms with van der Waals surface area (Å²) in [5.74, 6) is -0.0726. The standard InChI is InChI=1S/C12H14N2O3/c1-16-12(15)10-8-9(14)4-5-11(10)17-7-3-2-6-13/h4-5,8H,2-3,7,14H2,1H3. The molecule has 5 heteroatoms. The number of anilines is 1. The lowest BCUT2D eigenvalue weighted by atomic mass is 10.2. The molecule has 0 amide bonds. The minimum Gasteiger partial charge on any atom is -0.493 e. The van der Waals surface area contributed by atoms with Crippen molar-refractivity contribution >= 4 is 11.7 Å². The fraction of sp³-hybridized carbons (Fsp3) is 0.333. The van der Waals surface area contributed by atoms with Crippen LogP contribution in [0.4, 0.5) is 5.69 Å². The quantitative estimate of drug-likeness (QED) is 0.476. The van der Waals surface area contributed by atoms with E-state index in [-0.39, 0.29) is 0 Å². The van der Waals surface area contributed by atoms with Crippen LogP contribution >= 0.6 is 0 Å². The summed E-state index contributed by atoms with van der Waals surface area (Å²) >= 11 is 0. The average molecular weight is 234 g/mol. The summed E-state index contributed by atoms with van der Waals surface area (Å²) in [6.45, 7) is 0.376. The largest absolute Gasteiger partial charge is 0.493 e. The van der Waals surface area contributed by atoms with Gasteiger partial charge >= 0.3 is 5.97 Å². The van der Waals surface area contributed by atoms with Crippen molar-refractivity contribution in [1.29, 1.82) is 5.26 Å². The summed E-state index contributed by atoms with van der Waals surface area (Å²) in [6.07, 6.45) is 1.03. The number of nitrogens with two attached hydrogens (primary N) is 1. The van der Waals surface area contributed by atoms with Crippen molar-refractivity contribution in [1.82, 2.24) is 0 Å². The zero-order chi connectivity index (χ0) is 12.7. The van der Waals surface area contributed by atoms with Gasteiger partial charge < -0.3 is 15.2 Å². The highest BCUT2D eigenvalue weighted by molar-refractivity contribution is 5.93. The van der Waals surface area contributed by atoms with Crippen LogP contribution in [0.25, 0.3) is 0 Å². The molecule has 0 aromatic heterocycles. The second kappa shape index (κ2) is 6.38. The van der Waals surface area contributed by atoms with Crippen molar-refractivity contribution in [3.63, 3.8) is 0 Å². The highest BCUT2D eigenvalue weighted by Gasteiger charge is 2.13. The van der Waals surface area contributed by atoms with Crippen LogP contribution in [-0.4, -0.2) is 19.7 Å². The predicted octanol–water partition coefficient (Wildman–Crippen LogP) is 1.74. The summed E-state index contributed by atoms with van der Waals surface area (Å²) in [7, 11) is 1.30. The van der Waals surface area contributed by atoms with Crippen LogP contribution in [0.2, 0.25) is 0 Å². The molecule has 1 rings (SSSR count). The maximum atomic E-state index is 11.5. The van der Waals surface area contributed by atoms with Gasteiger partial charge in [-0.15, -0.1) is 0 Å². The van der Waals surface area contributed by atoms with Crippen LogP contribution in [0, 0.1) is 11.3 Å². The third-order valence-electron chi connectivity index (χ3n) is 2.10. The molecule has 0 saturated heterocycles. The SMILES string of the molecule is COC(=O)c1cc(N)ccc1OCCCC#N. The first-order valence-electron chi connectivity index (χ1n) is 5.16. The van der Waals surface area contributed by atoms with Crippen LogP contribution in [0.15, 0.2) is 18.2 Å². The lowest BCUT2D eigenvalue weighted by molar-refractivity contribution is 0.0596.